The van der Waals surface area contributed by atoms with Crippen LogP contribution in [0.25, 0.3) is 5.65 Å². The molecule has 0 aliphatic carbocycles. The molecule has 1 aliphatic heterocycles. The van der Waals surface area contributed by atoms with Crippen molar-refractivity contribution in [1.29, 1.82) is 0 Å². The van der Waals surface area contributed by atoms with Crippen molar-refractivity contribution >= 4 is 5.65 Å². The SMILES string of the molecule is Cc1cc(OC2CCNCC2)n2ncnc2c1. The molecule has 2 aromatic heterocycles. The standard InChI is InChI=1S/C12H16N4O/c1-9-6-11-14-8-15-16(11)12(7-9)17-10-2-4-13-5-3-10/h6-8,10,13H,2-5H2,1H3. The van der Waals surface area contributed by atoms with Gasteiger partial charge in [-0.15, -0.1) is 0 Å². The summed E-state index contributed by atoms with van der Waals surface area (Å²) in [7, 11) is 0. The summed E-state index contributed by atoms with van der Waals surface area (Å²) in [5.41, 5.74) is 1.99. The van der Waals surface area contributed by atoms with E-state index in [1.807, 2.05) is 19.1 Å². The third kappa shape index (κ3) is 2.10. The molecule has 1 aliphatic rings. The average Bonchev–Trinajstić information content (AvgIpc) is 2.78. The first kappa shape index (κ1) is 10.5. The number of ether oxygens (including phenoxy) is 1. The second kappa shape index (κ2) is 4.33. The Hall–Kier alpha value is -1.62. The second-order valence-electron chi connectivity index (χ2n) is 4.47. The number of pyridine rings is 1. The molecule has 0 aromatic carbocycles. The Labute approximate surface area is 99.8 Å². The fourth-order valence-electron chi connectivity index (χ4n) is 2.19. The molecule has 5 nitrogen and oxygen atoms in total. The van der Waals surface area contributed by atoms with Crippen LogP contribution in [0.2, 0.25) is 0 Å². The second-order valence-corrected chi connectivity index (χ2v) is 4.47. The van der Waals surface area contributed by atoms with Gasteiger partial charge in [0.25, 0.3) is 0 Å². The van der Waals surface area contributed by atoms with E-state index in [1.54, 1.807) is 10.8 Å². The topological polar surface area (TPSA) is 51.5 Å². The molecule has 1 saturated heterocycles. The van der Waals surface area contributed by atoms with Gasteiger partial charge in [0, 0.05) is 6.07 Å². The largest absolute Gasteiger partial charge is 0.474 e. The Balaban J connectivity index is 1.90. The van der Waals surface area contributed by atoms with Gasteiger partial charge in [-0.1, -0.05) is 0 Å². The first-order valence-electron chi connectivity index (χ1n) is 6.01. The van der Waals surface area contributed by atoms with Crippen LogP contribution in [-0.2, 0) is 0 Å². The average molecular weight is 232 g/mol. The van der Waals surface area contributed by atoms with E-state index in [2.05, 4.69) is 15.4 Å². The van der Waals surface area contributed by atoms with Crippen LogP contribution in [0.1, 0.15) is 18.4 Å². The van der Waals surface area contributed by atoms with E-state index in [4.69, 9.17) is 4.74 Å². The minimum absolute atomic E-state index is 0.283. The summed E-state index contributed by atoms with van der Waals surface area (Å²) >= 11 is 0. The van der Waals surface area contributed by atoms with Gasteiger partial charge in [-0.2, -0.15) is 9.61 Å². The van der Waals surface area contributed by atoms with Crippen molar-refractivity contribution in [2.24, 2.45) is 0 Å². The number of hydrogen-bond acceptors (Lipinski definition) is 4. The van der Waals surface area contributed by atoms with Crippen LogP contribution in [0.4, 0.5) is 0 Å². The molecule has 0 radical (unpaired) electrons. The van der Waals surface area contributed by atoms with Gasteiger partial charge in [0.05, 0.1) is 0 Å². The summed E-state index contributed by atoms with van der Waals surface area (Å²) in [6.45, 7) is 4.10. The van der Waals surface area contributed by atoms with E-state index in [0.717, 1.165) is 43.0 Å². The number of fused-ring (bicyclic) bond motifs is 1. The van der Waals surface area contributed by atoms with Crippen molar-refractivity contribution in [2.45, 2.75) is 25.9 Å². The Bertz CT molecular complexity index is 516. The monoisotopic (exact) mass is 232 g/mol. The molecule has 3 rings (SSSR count). The zero-order chi connectivity index (χ0) is 11.7. The quantitative estimate of drug-likeness (QED) is 0.844. The van der Waals surface area contributed by atoms with E-state index >= 15 is 0 Å². The molecule has 1 N–H and O–H groups in total. The lowest BCUT2D eigenvalue weighted by atomic mass is 10.1. The molecule has 1 fully saturated rings. The smallest absolute Gasteiger partial charge is 0.216 e. The third-order valence-corrected chi connectivity index (χ3v) is 3.06. The van der Waals surface area contributed by atoms with Gasteiger partial charge < -0.3 is 10.1 Å². The molecule has 17 heavy (non-hydrogen) atoms. The molecular weight excluding hydrogens is 216 g/mol. The van der Waals surface area contributed by atoms with Gasteiger partial charge in [-0.3, -0.25) is 0 Å². The molecule has 0 bridgehead atoms. The van der Waals surface area contributed by atoms with Crippen LogP contribution in [-0.4, -0.2) is 33.8 Å². The zero-order valence-electron chi connectivity index (χ0n) is 9.89. The summed E-state index contributed by atoms with van der Waals surface area (Å²) in [4.78, 5) is 4.19. The molecule has 2 aromatic rings. The highest BCUT2D eigenvalue weighted by Gasteiger charge is 2.16. The Morgan fingerprint density at radius 2 is 2.18 bits per heavy atom. The van der Waals surface area contributed by atoms with Gasteiger partial charge in [0.2, 0.25) is 5.88 Å². The number of piperidine rings is 1. The van der Waals surface area contributed by atoms with Crippen molar-refractivity contribution in [3.05, 3.63) is 24.0 Å². The van der Waals surface area contributed by atoms with Crippen molar-refractivity contribution in [3.8, 4) is 5.88 Å². The fourth-order valence-corrected chi connectivity index (χ4v) is 2.19. The molecule has 90 valence electrons. The predicted molar refractivity (Wildman–Crippen MR) is 64.2 cm³/mol. The lowest BCUT2D eigenvalue weighted by Gasteiger charge is -2.23. The molecule has 0 unspecified atom stereocenters. The lowest BCUT2D eigenvalue weighted by molar-refractivity contribution is 0.152. The highest BCUT2D eigenvalue weighted by atomic mass is 16.5. The van der Waals surface area contributed by atoms with Crippen LogP contribution >= 0.6 is 0 Å². The van der Waals surface area contributed by atoms with Crippen LogP contribution in [0.3, 0.4) is 0 Å². The maximum absolute atomic E-state index is 6.03. The third-order valence-electron chi connectivity index (χ3n) is 3.06. The van der Waals surface area contributed by atoms with Gasteiger partial charge in [-0.25, -0.2) is 4.98 Å². The maximum atomic E-state index is 6.03. The van der Waals surface area contributed by atoms with Gasteiger partial charge in [0.1, 0.15) is 12.4 Å². The van der Waals surface area contributed by atoms with E-state index in [0.29, 0.717) is 0 Å². The highest BCUT2D eigenvalue weighted by molar-refractivity contribution is 5.43. The van der Waals surface area contributed by atoms with Crippen LogP contribution in [0.15, 0.2) is 18.5 Å². The number of rotatable bonds is 2. The van der Waals surface area contributed by atoms with Crippen LogP contribution in [0.5, 0.6) is 5.88 Å². The van der Waals surface area contributed by atoms with Crippen molar-refractivity contribution < 1.29 is 4.74 Å². The fraction of sp³-hybridized carbons (Fsp3) is 0.500. The van der Waals surface area contributed by atoms with Crippen molar-refractivity contribution in [2.75, 3.05) is 13.1 Å². The van der Waals surface area contributed by atoms with E-state index in [9.17, 15) is 0 Å². The molecule has 3 heterocycles. The molecule has 0 atom stereocenters. The summed E-state index contributed by atoms with van der Waals surface area (Å²) in [5.74, 6) is 0.796. The normalized spacial score (nSPS) is 17.5. The molecule has 0 amide bonds. The molecule has 0 saturated carbocycles. The maximum Gasteiger partial charge on any atom is 0.216 e. The summed E-state index contributed by atoms with van der Waals surface area (Å²) < 4.78 is 7.79. The van der Waals surface area contributed by atoms with Crippen LogP contribution in [0, 0.1) is 6.92 Å². The van der Waals surface area contributed by atoms with E-state index in [-0.39, 0.29) is 6.10 Å². The molecular formula is C12H16N4O. The number of nitrogens with zero attached hydrogens (tertiary/aromatic N) is 3. The summed E-state index contributed by atoms with van der Waals surface area (Å²) in [5, 5.41) is 7.52. The minimum Gasteiger partial charge on any atom is -0.474 e. The Morgan fingerprint density at radius 1 is 1.35 bits per heavy atom. The predicted octanol–water partition coefficient (Wildman–Crippen LogP) is 1.17. The van der Waals surface area contributed by atoms with Gasteiger partial charge in [-0.05, 0) is 44.5 Å². The summed E-state index contributed by atoms with van der Waals surface area (Å²) in [6, 6.07) is 4.02. The first-order chi connectivity index (χ1) is 8.33. The zero-order valence-corrected chi connectivity index (χ0v) is 9.89. The van der Waals surface area contributed by atoms with E-state index in [1.165, 1.54) is 0 Å². The van der Waals surface area contributed by atoms with Gasteiger partial charge >= 0.3 is 0 Å². The van der Waals surface area contributed by atoms with Crippen LogP contribution < -0.4 is 10.1 Å². The Morgan fingerprint density at radius 3 is 3.00 bits per heavy atom. The molecule has 5 heteroatoms. The minimum atomic E-state index is 0.283. The number of aromatic nitrogens is 3. The first-order valence-corrected chi connectivity index (χ1v) is 6.01. The highest BCUT2D eigenvalue weighted by Crippen LogP contribution is 2.19. The van der Waals surface area contributed by atoms with Crippen molar-refractivity contribution in [1.82, 2.24) is 19.9 Å². The lowest BCUT2D eigenvalue weighted by Crippen LogP contribution is -2.34. The number of hydrogen-bond donors (Lipinski definition) is 1. The van der Waals surface area contributed by atoms with Crippen molar-refractivity contribution in [3.63, 3.8) is 0 Å². The van der Waals surface area contributed by atoms with Gasteiger partial charge in [0.15, 0.2) is 5.65 Å². The van der Waals surface area contributed by atoms with E-state index < -0.39 is 0 Å². The molecule has 0 spiro atoms. The number of aryl methyl sites for hydroxylation is 1. The summed E-state index contributed by atoms with van der Waals surface area (Å²) in [6.07, 6.45) is 3.93. The Kier molecular flexibility index (Phi) is 2.68. The number of nitrogens with one attached hydrogen (secondary N) is 1.